The molecule has 100 valence electrons. The summed E-state index contributed by atoms with van der Waals surface area (Å²) >= 11 is 0. The van der Waals surface area contributed by atoms with E-state index in [1.165, 1.54) is 12.1 Å². The summed E-state index contributed by atoms with van der Waals surface area (Å²) in [7, 11) is 1.60. The molecule has 3 aromatic rings. The Bertz CT molecular complexity index is 778. The largest absolute Gasteiger partial charge is 0.497 e. The monoisotopic (exact) mass is 269 g/mol. The molecule has 1 aromatic carbocycles. The molecule has 0 unspecified atom stereocenters. The maximum atomic E-state index is 10.7. The molecule has 0 amide bonds. The molecule has 0 N–H and O–H groups in total. The van der Waals surface area contributed by atoms with Gasteiger partial charge in [0.2, 0.25) is 0 Å². The van der Waals surface area contributed by atoms with Gasteiger partial charge < -0.3 is 4.74 Å². The Labute approximate surface area is 114 Å². The predicted molar refractivity (Wildman–Crippen MR) is 73.8 cm³/mol. The number of hydrogen-bond donors (Lipinski definition) is 0. The van der Waals surface area contributed by atoms with E-state index in [2.05, 4.69) is 4.98 Å². The van der Waals surface area contributed by atoms with Crippen LogP contribution in [-0.4, -0.2) is 21.4 Å². The number of imidazole rings is 1. The summed E-state index contributed by atoms with van der Waals surface area (Å²) in [6, 6.07) is 10.1. The first-order chi connectivity index (χ1) is 9.69. The van der Waals surface area contributed by atoms with Crippen LogP contribution in [0.1, 0.15) is 0 Å². The lowest BCUT2D eigenvalue weighted by Crippen LogP contribution is -1.91. The molecule has 6 heteroatoms. The van der Waals surface area contributed by atoms with Crippen LogP contribution in [0, 0.1) is 10.1 Å². The van der Waals surface area contributed by atoms with Crippen LogP contribution in [0.5, 0.6) is 5.75 Å². The van der Waals surface area contributed by atoms with E-state index in [9.17, 15) is 10.1 Å². The Morgan fingerprint density at radius 3 is 2.65 bits per heavy atom. The number of nitro benzene ring substituents is 1. The number of ether oxygens (including phenoxy) is 1. The van der Waals surface area contributed by atoms with Crippen LogP contribution < -0.4 is 4.74 Å². The second-order valence-electron chi connectivity index (χ2n) is 4.24. The van der Waals surface area contributed by atoms with Crippen LogP contribution in [0.4, 0.5) is 5.69 Å². The fourth-order valence-electron chi connectivity index (χ4n) is 2.06. The summed E-state index contributed by atoms with van der Waals surface area (Å²) in [6.45, 7) is 0. The molecule has 0 fully saturated rings. The van der Waals surface area contributed by atoms with Gasteiger partial charge in [-0.3, -0.25) is 14.5 Å². The maximum Gasteiger partial charge on any atom is 0.269 e. The van der Waals surface area contributed by atoms with Crippen molar-refractivity contribution in [1.82, 2.24) is 9.38 Å². The standard InChI is InChI=1S/C14H11N3O3/c1-20-12-6-7-16-13(9-15-14(16)8-12)10-2-4-11(5-3-10)17(18)19/h2-9H,1H3. The van der Waals surface area contributed by atoms with Crippen molar-refractivity contribution < 1.29 is 9.66 Å². The molecule has 0 aliphatic rings. The number of non-ortho nitro benzene ring substituents is 1. The van der Waals surface area contributed by atoms with Crippen molar-refractivity contribution in [3.8, 4) is 17.0 Å². The Kier molecular flexibility index (Phi) is 2.83. The SMILES string of the molecule is COc1ccn2c(-c3ccc([N+](=O)[O-])cc3)cnc2c1. The van der Waals surface area contributed by atoms with E-state index < -0.39 is 4.92 Å². The molecule has 0 bridgehead atoms. The van der Waals surface area contributed by atoms with Gasteiger partial charge in [0.05, 0.1) is 23.9 Å². The summed E-state index contributed by atoms with van der Waals surface area (Å²) in [6.07, 6.45) is 3.59. The zero-order valence-corrected chi connectivity index (χ0v) is 10.7. The van der Waals surface area contributed by atoms with Gasteiger partial charge in [-0.15, -0.1) is 0 Å². The average Bonchev–Trinajstić information content (AvgIpc) is 2.90. The van der Waals surface area contributed by atoms with Gasteiger partial charge in [-0.1, -0.05) is 0 Å². The lowest BCUT2D eigenvalue weighted by Gasteiger charge is -2.03. The number of nitro groups is 1. The predicted octanol–water partition coefficient (Wildman–Crippen LogP) is 2.92. The molecule has 0 radical (unpaired) electrons. The number of rotatable bonds is 3. The van der Waals surface area contributed by atoms with E-state index in [4.69, 9.17) is 4.74 Å². The zero-order valence-electron chi connectivity index (χ0n) is 10.7. The number of methoxy groups -OCH3 is 1. The third kappa shape index (κ3) is 1.97. The van der Waals surface area contributed by atoms with Crippen molar-refractivity contribution in [2.45, 2.75) is 0 Å². The Balaban J connectivity index is 2.07. The summed E-state index contributed by atoms with van der Waals surface area (Å²) in [5.41, 5.74) is 2.58. The molecule has 0 saturated carbocycles. The number of fused-ring (bicyclic) bond motifs is 1. The average molecular weight is 269 g/mol. The normalized spacial score (nSPS) is 10.7. The van der Waals surface area contributed by atoms with Crippen molar-refractivity contribution in [1.29, 1.82) is 0 Å². The summed E-state index contributed by atoms with van der Waals surface area (Å²) in [5.74, 6) is 0.735. The number of benzene rings is 1. The highest BCUT2D eigenvalue weighted by Gasteiger charge is 2.09. The highest BCUT2D eigenvalue weighted by molar-refractivity contribution is 5.65. The first-order valence-corrected chi connectivity index (χ1v) is 5.95. The van der Waals surface area contributed by atoms with Crippen molar-refractivity contribution in [2.24, 2.45) is 0 Å². The first-order valence-electron chi connectivity index (χ1n) is 5.95. The molecule has 6 nitrogen and oxygen atoms in total. The molecule has 0 saturated heterocycles. The van der Waals surface area contributed by atoms with E-state index in [1.54, 1.807) is 25.4 Å². The molecule has 2 aromatic heterocycles. The maximum absolute atomic E-state index is 10.7. The van der Waals surface area contributed by atoms with Crippen molar-refractivity contribution in [3.63, 3.8) is 0 Å². The minimum atomic E-state index is -0.414. The highest BCUT2D eigenvalue weighted by Crippen LogP contribution is 2.24. The number of nitrogens with zero attached hydrogens (tertiary/aromatic N) is 3. The van der Waals surface area contributed by atoms with E-state index in [0.29, 0.717) is 0 Å². The third-order valence-corrected chi connectivity index (χ3v) is 3.09. The van der Waals surface area contributed by atoms with Gasteiger partial charge in [-0.2, -0.15) is 0 Å². The lowest BCUT2D eigenvalue weighted by molar-refractivity contribution is -0.384. The van der Waals surface area contributed by atoms with Gasteiger partial charge >= 0.3 is 0 Å². The molecule has 3 rings (SSSR count). The second kappa shape index (κ2) is 4.65. The summed E-state index contributed by atoms with van der Waals surface area (Å²) in [4.78, 5) is 14.6. The van der Waals surface area contributed by atoms with Gasteiger partial charge in [0.1, 0.15) is 11.4 Å². The third-order valence-electron chi connectivity index (χ3n) is 3.09. The van der Waals surface area contributed by atoms with Crippen LogP contribution in [0.15, 0.2) is 48.8 Å². The van der Waals surface area contributed by atoms with E-state index >= 15 is 0 Å². The highest BCUT2D eigenvalue weighted by atomic mass is 16.6. The number of hydrogen-bond acceptors (Lipinski definition) is 4. The van der Waals surface area contributed by atoms with Crippen molar-refractivity contribution in [2.75, 3.05) is 7.11 Å². The molecule has 0 spiro atoms. The second-order valence-corrected chi connectivity index (χ2v) is 4.24. The zero-order chi connectivity index (χ0) is 14.1. The van der Waals surface area contributed by atoms with E-state index in [-0.39, 0.29) is 5.69 Å². The van der Waals surface area contributed by atoms with Gasteiger partial charge in [0, 0.05) is 30.0 Å². The minimum Gasteiger partial charge on any atom is -0.497 e. The minimum absolute atomic E-state index is 0.0734. The quantitative estimate of drug-likeness (QED) is 0.541. The molecular weight excluding hydrogens is 258 g/mol. The van der Waals surface area contributed by atoms with E-state index in [1.807, 2.05) is 22.7 Å². The fourth-order valence-corrected chi connectivity index (χ4v) is 2.06. The smallest absolute Gasteiger partial charge is 0.269 e. The molecule has 20 heavy (non-hydrogen) atoms. The number of pyridine rings is 1. The van der Waals surface area contributed by atoms with Crippen LogP contribution in [-0.2, 0) is 0 Å². The first kappa shape index (κ1) is 12.2. The lowest BCUT2D eigenvalue weighted by atomic mass is 10.1. The Hall–Kier alpha value is -2.89. The van der Waals surface area contributed by atoms with Gasteiger partial charge in [0.25, 0.3) is 5.69 Å². The molecule has 0 atom stereocenters. The van der Waals surface area contributed by atoms with Crippen LogP contribution in [0.25, 0.3) is 16.9 Å². The molecule has 0 aliphatic heterocycles. The van der Waals surface area contributed by atoms with Crippen LogP contribution >= 0.6 is 0 Å². The van der Waals surface area contributed by atoms with Gasteiger partial charge in [0.15, 0.2) is 0 Å². The van der Waals surface area contributed by atoms with Crippen LogP contribution in [0.3, 0.4) is 0 Å². The van der Waals surface area contributed by atoms with E-state index in [0.717, 1.165) is 22.7 Å². The Morgan fingerprint density at radius 2 is 2.00 bits per heavy atom. The molecular formula is C14H11N3O3. The number of aromatic nitrogens is 2. The fraction of sp³-hybridized carbons (Fsp3) is 0.0714. The van der Waals surface area contributed by atoms with Gasteiger partial charge in [-0.25, -0.2) is 4.98 Å². The molecule has 0 aliphatic carbocycles. The van der Waals surface area contributed by atoms with Gasteiger partial charge in [-0.05, 0) is 18.2 Å². The van der Waals surface area contributed by atoms with Crippen LogP contribution in [0.2, 0.25) is 0 Å². The van der Waals surface area contributed by atoms with Crippen molar-refractivity contribution in [3.05, 3.63) is 58.9 Å². The Morgan fingerprint density at radius 1 is 1.25 bits per heavy atom. The molecule has 2 heterocycles. The summed E-state index contributed by atoms with van der Waals surface area (Å²) in [5, 5.41) is 10.7. The topological polar surface area (TPSA) is 69.7 Å². The van der Waals surface area contributed by atoms with Crippen molar-refractivity contribution >= 4 is 11.3 Å². The summed E-state index contributed by atoms with van der Waals surface area (Å²) < 4.78 is 7.06.